The molecule has 0 aliphatic rings. The Morgan fingerprint density at radius 3 is 1.45 bits per heavy atom. The average Bonchev–Trinajstić information content (AvgIpc) is 2.78. The van der Waals surface area contributed by atoms with E-state index in [-0.39, 0.29) is 21.1 Å². The van der Waals surface area contributed by atoms with E-state index in [1.165, 1.54) is 0 Å². The summed E-state index contributed by atoms with van der Waals surface area (Å²) in [6.07, 6.45) is 1.72. The van der Waals surface area contributed by atoms with Gasteiger partial charge in [-0.15, -0.1) is 24.3 Å². The molecule has 0 aliphatic carbocycles. The number of phenols is 1. The van der Waals surface area contributed by atoms with Gasteiger partial charge in [-0.2, -0.15) is 49.2 Å². The van der Waals surface area contributed by atoms with Crippen molar-refractivity contribution in [2.24, 2.45) is 4.99 Å². The molecule has 0 saturated heterocycles. The van der Waals surface area contributed by atoms with Crippen LogP contribution < -0.4 is 0 Å². The van der Waals surface area contributed by atoms with Gasteiger partial charge in [0, 0.05) is 11.8 Å². The van der Waals surface area contributed by atoms with Crippen molar-refractivity contribution in [1.82, 2.24) is 0 Å². The van der Waals surface area contributed by atoms with Gasteiger partial charge in [0.2, 0.25) is 0 Å². The van der Waals surface area contributed by atoms with Gasteiger partial charge in [-0.05, 0) is 43.5 Å². The maximum Gasteiger partial charge on any atom is 2.00 e. The molecule has 0 heterocycles. The third-order valence-electron chi connectivity index (χ3n) is 4.73. The quantitative estimate of drug-likeness (QED) is 0.184. The number of rotatable bonds is 2. The Kier molecular flexibility index (Phi) is 12.4. The molecule has 2 nitrogen and oxygen atoms in total. The van der Waals surface area contributed by atoms with Crippen LogP contribution in [0.4, 0.5) is 5.69 Å². The summed E-state index contributed by atoms with van der Waals surface area (Å²) in [6.45, 7) is 13.4. The third-order valence-corrected chi connectivity index (χ3v) is 4.73. The maximum atomic E-state index is 9.92. The molecule has 4 aromatic rings. The molecular formula is C30H31NOW. The van der Waals surface area contributed by atoms with E-state index < -0.39 is 0 Å². The standard InChI is InChI=1S/C16H17NO.2C7H7.W/c1-11-6-4-7-12(2)15(11)17-10-14-9-5-8-13(3)16(14)18;2*1-7-5-3-2-4-6-7;/h4-10,18H,1-3H3;2*2-6H,1H2;/q;2*-1;+2. The van der Waals surface area contributed by atoms with E-state index in [0.29, 0.717) is 5.75 Å². The number of aliphatic imine (C=N–C) groups is 1. The molecule has 0 unspecified atom stereocenters. The van der Waals surface area contributed by atoms with Crippen LogP contribution in [-0.4, -0.2) is 11.3 Å². The molecule has 4 aromatic carbocycles. The fraction of sp³-hybridized carbons (Fsp3) is 0.100. The smallest absolute Gasteiger partial charge is 0.507 e. The molecule has 0 atom stereocenters. The zero-order valence-electron chi connectivity index (χ0n) is 19.5. The summed E-state index contributed by atoms with van der Waals surface area (Å²) in [7, 11) is 0. The number of para-hydroxylation sites is 2. The normalized spacial score (nSPS) is 9.67. The topological polar surface area (TPSA) is 32.6 Å². The summed E-state index contributed by atoms with van der Waals surface area (Å²) in [5.74, 6) is 0.299. The molecule has 0 bridgehead atoms. The van der Waals surface area contributed by atoms with E-state index >= 15 is 0 Å². The van der Waals surface area contributed by atoms with E-state index in [2.05, 4.69) is 18.8 Å². The molecule has 3 heteroatoms. The second-order valence-corrected chi connectivity index (χ2v) is 7.48. The fourth-order valence-electron chi connectivity index (χ4n) is 2.89. The van der Waals surface area contributed by atoms with Gasteiger partial charge in [-0.1, -0.05) is 42.5 Å². The first kappa shape index (κ1) is 27.8. The van der Waals surface area contributed by atoms with Gasteiger partial charge in [0.15, 0.2) is 0 Å². The van der Waals surface area contributed by atoms with Crippen molar-refractivity contribution in [3.63, 3.8) is 0 Å². The van der Waals surface area contributed by atoms with Crippen molar-refractivity contribution in [1.29, 1.82) is 0 Å². The van der Waals surface area contributed by atoms with Crippen LogP contribution in [0.5, 0.6) is 5.75 Å². The number of hydrogen-bond acceptors (Lipinski definition) is 2. The van der Waals surface area contributed by atoms with Gasteiger partial charge >= 0.3 is 21.1 Å². The average molecular weight is 605 g/mol. The number of benzene rings is 4. The fourth-order valence-corrected chi connectivity index (χ4v) is 2.89. The SMILES string of the molecule is Cc1cccc(C=Nc2c(C)cccc2C)c1O.[CH2-]c1ccccc1.[CH2-]c1ccccc1.[W+2]. The van der Waals surface area contributed by atoms with Gasteiger partial charge in [-0.3, -0.25) is 4.99 Å². The Morgan fingerprint density at radius 2 is 1.03 bits per heavy atom. The molecular weight excluding hydrogens is 574 g/mol. The van der Waals surface area contributed by atoms with Crippen molar-refractivity contribution in [3.8, 4) is 5.75 Å². The molecule has 168 valence electrons. The minimum absolute atomic E-state index is 0. The van der Waals surface area contributed by atoms with Crippen LogP contribution in [0, 0.1) is 34.6 Å². The summed E-state index contributed by atoms with van der Waals surface area (Å²) in [5.41, 5.74) is 7.00. The molecule has 33 heavy (non-hydrogen) atoms. The molecule has 0 aliphatic heterocycles. The number of phenolic OH excluding ortho intramolecular Hbond substituents is 1. The van der Waals surface area contributed by atoms with Crippen molar-refractivity contribution < 1.29 is 26.2 Å². The molecule has 1 N–H and O–H groups in total. The van der Waals surface area contributed by atoms with Gasteiger partial charge < -0.3 is 5.11 Å². The predicted octanol–water partition coefficient (Wildman–Crippen LogP) is 7.80. The Balaban J connectivity index is 0.000000298. The van der Waals surface area contributed by atoms with Crippen LogP contribution in [0.25, 0.3) is 0 Å². The summed E-state index contributed by atoms with van der Waals surface area (Å²) in [4.78, 5) is 4.49. The van der Waals surface area contributed by atoms with Crippen molar-refractivity contribution in [2.75, 3.05) is 0 Å². The van der Waals surface area contributed by atoms with Gasteiger partial charge in [0.25, 0.3) is 0 Å². The van der Waals surface area contributed by atoms with E-state index in [0.717, 1.165) is 39.1 Å². The van der Waals surface area contributed by atoms with E-state index in [1.807, 2.05) is 118 Å². The van der Waals surface area contributed by atoms with Crippen LogP contribution in [0.2, 0.25) is 0 Å². The van der Waals surface area contributed by atoms with Crippen LogP contribution in [0.15, 0.2) is 102 Å². The van der Waals surface area contributed by atoms with Crippen molar-refractivity contribution >= 4 is 11.9 Å². The number of aromatic hydroxyl groups is 1. The first-order chi connectivity index (χ1) is 15.4. The maximum absolute atomic E-state index is 9.92. The second kappa shape index (κ2) is 14.8. The summed E-state index contributed by atoms with van der Waals surface area (Å²) in [5, 5.41) is 9.92. The third kappa shape index (κ3) is 9.85. The minimum atomic E-state index is 0. The first-order valence-electron chi connectivity index (χ1n) is 10.5. The molecule has 4 rings (SSSR count). The summed E-state index contributed by atoms with van der Waals surface area (Å²) < 4.78 is 0. The molecule has 0 fully saturated rings. The summed E-state index contributed by atoms with van der Waals surface area (Å²) in [6, 6.07) is 31.5. The molecule has 0 aromatic heterocycles. The minimum Gasteiger partial charge on any atom is -0.507 e. The van der Waals surface area contributed by atoms with E-state index in [9.17, 15) is 5.11 Å². The van der Waals surface area contributed by atoms with Gasteiger partial charge in [0.05, 0.1) is 5.69 Å². The van der Waals surface area contributed by atoms with Crippen molar-refractivity contribution in [3.05, 3.63) is 144 Å². The van der Waals surface area contributed by atoms with E-state index in [1.54, 1.807) is 6.21 Å². The number of hydrogen-bond donors (Lipinski definition) is 1. The Morgan fingerprint density at radius 1 is 0.606 bits per heavy atom. The van der Waals surface area contributed by atoms with Crippen LogP contribution in [0.1, 0.15) is 33.4 Å². The van der Waals surface area contributed by atoms with Crippen LogP contribution in [-0.2, 0) is 21.1 Å². The van der Waals surface area contributed by atoms with Gasteiger partial charge in [-0.25, -0.2) is 0 Å². The first-order valence-corrected chi connectivity index (χ1v) is 10.5. The zero-order valence-corrected chi connectivity index (χ0v) is 22.5. The number of nitrogens with zero attached hydrogens (tertiary/aromatic N) is 1. The molecule has 0 amide bonds. The van der Waals surface area contributed by atoms with Gasteiger partial charge in [0.1, 0.15) is 5.75 Å². The Hall–Kier alpha value is -3.22. The van der Waals surface area contributed by atoms with Crippen LogP contribution in [0.3, 0.4) is 0 Å². The molecule has 0 radical (unpaired) electrons. The Bertz CT molecular complexity index is 1060. The number of aryl methyl sites for hydroxylation is 3. The second-order valence-electron chi connectivity index (χ2n) is 7.48. The monoisotopic (exact) mass is 605 g/mol. The summed E-state index contributed by atoms with van der Waals surface area (Å²) >= 11 is 0. The Labute approximate surface area is 213 Å². The molecule has 0 spiro atoms. The predicted molar refractivity (Wildman–Crippen MR) is 138 cm³/mol. The zero-order chi connectivity index (χ0) is 23.3. The largest absolute Gasteiger partial charge is 2.00 e. The molecule has 0 saturated carbocycles. The van der Waals surface area contributed by atoms with E-state index in [4.69, 9.17) is 0 Å². The van der Waals surface area contributed by atoms with Crippen LogP contribution >= 0.6 is 0 Å². The van der Waals surface area contributed by atoms with Crippen molar-refractivity contribution in [2.45, 2.75) is 20.8 Å².